The van der Waals surface area contributed by atoms with Gasteiger partial charge in [0.15, 0.2) is 10.8 Å². The smallest absolute Gasteiger partial charge is 0.290 e. The quantitative estimate of drug-likeness (QED) is 0.361. The summed E-state index contributed by atoms with van der Waals surface area (Å²) in [4.78, 5) is 33.6. The number of nitro benzene ring substituents is 1. The molecule has 11 heteroatoms. The van der Waals surface area contributed by atoms with Crippen molar-refractivity contribution in [2.24, 2.45) is 0 Å². The van der Waals surface area contributed by atoms with E-state index in [0.717, 1.165) is 0 Å². The number of H-pyrrole nitrogens is 1. The van der Waals surface area contributed by atoms with Gasteiger partial charge in [-0.15, -0.1) is 0 Å². The third-order valence-electron chi connectivity index (χ3n) is 2.80. The van der Waals surface area contributed by atoms with Crippen molar-refractivity contribution >= 4 is 34.8 Å². The fourth-order valence-electron chi connectivity index (χ4n) is 1.65. The van der Waals surface area contributed by atoms with E-state index in [2.05, 4.69) is 26.4 Å². The number of thiocarbonyl (C=S) groups is 1. The van der Waals surface area contributed by atoms with Gasteiger partial charge in [-0.3, -0.25) is 41.0 Å². The van der Waals surface area contributed by atoms with Crippen LogP contribution in [0.5, 0.6) is 0 Å². The lowest BCUT2D eigenvalue weighted by Crippen LogP contribution is -2.48. The molecule has 0 aliphatic rings. The van der Waals surface area contributed by atoms with E-state index < -0.39 is 16.7 Å². The normalized spacial score (nSPS) is 9.88. The maximum atomic E-state index is 11.9. The van der Waals surface area contributed by atoms with Crippen LogP contribution in [-0.2, 0) is 0 Å². The number of nitrogens with zero attached hydrogens (tertiary/aromatic N) is 2. The predicted octanol–water partition coefficient (Wildman–Crippen LogP) is 0.576. The van der Waals surface area contributed by atoms with Gasteiger partial charge in [0.1, 0.15) is 0 Å². The van der Waals surface area contributed by atoms with Crippen LogP contribution >= 0.6 is 12.2 Å². The molecule has 0 radical (unpaired) electrons. The summed E-state index contributed by atoms with van der Waals surface area (Å²) in [7, 11) is 0. The molecule has 2 rings (SSSR count). The number of nitrogens with one attached hydrogen (secondary N) is 4. The van der Waals surface area contributed by atoms with Crippen molar-refractivity contribution < 1.29 is 14.5 Å². The minimum absolute atomic E-state index is 0.131. The van der Waals surface area contributed by atoms with Gasteiger partial charge in [0, 0.05) is 23.4 Å². The Balaban J connectivity index is 1.86. The van der Waals surface area contributed by atoms with Crippen molar-refractivity contribution in [2.45, 2.75) is 6.92 Å². The van der Waals surface area contributed by atoms with Crippen molar-refractivity contribution in [2.75, 3.05) is 0 Å². The first-order valence-electron chi connectivity index (χ1n) is 6.55. The zero-order valence-corrected chi connectivity index (χ0v) is 13.1. The van der Waals surface area contributed by atoms with E-state index in [0.29, 0.717) is 5.69 Å². The van der Waals surface area contributed by atoms with Gasteiger partial charge in [0.2, 0.25) is 0 Å². The second-order valence-corrected chi connectivity index (χ2v) is 5.01. The molecular weight excluding hydrogens is 336 g/mol. The monoisotopic (exact) mass is 348 g/mol. The number of carbonyl (C=O) groups is 2. The molecule has 24 heavy (non-hydrogen) atoms. The number of aromatic nitrogens is 2. The fourth-order valence-corrected chi connectivity index (χ4v) is 1.80. The van der Waals surface area contributed by atoms with Crippen LogP contribution in [0.1, 0.15) is 26.5 Å². The van der Waals surface area contributed by atoms with Crippen molar-refractivity contribution in [3.8, 4) is 0 Å². The first-order chi connectivity index (χ1) is 11.4. The summed E-state index contributed by atoms with van der Waals surface area (Å²) in [5.41, 5.74) is 5.56. The Morgan fingerprint density at radius 2 is 1.88 bits per heavy atom. The summed E-state index contributed by atoms with van der Waals surface area (Å²) in [5.74, 6) is -1.11. The molecule has 124 valence electrons. The third kappa shape index (κ3) is 4.33. The maximum Gasteiger partial charge on any atom is 0.290 e. The summed E-state index contributed by atoms with van der Waals surface area (Å²) >= 11 is 4.88. The molecule has 0 fully saturated rings. The molecule has 0 aliphatic heterocycles. The zero-order valence-electron chi connectivity index (χ0n) is 12.3. The van der Waals surface area contributed by atoms with Crippen molar-refractivity contribution in [3.05, 3.63) is 57.4 Å². The van der Waals surface area contributed by atoms with Gasteiger partial charge in [0.05, 0.1) is 4.92 Å². The fraction of sp³-hybridized carbons (Fsp3) is 0.0769. The number of rotatable bonds is 3. The summed E-state index contributed by atoms with van der Waals surface area (Å²) < 4.78 is 0. The minimum Gasteiger partial charge on any atom is -0.298 e. The Morgan fingerprint density at radius 1 is 1.21 bits per heavy atom. The lowest BCUT2D eigenvalue weighted by atomic mass is 10.2. The van der Waals surface area contributed by atoms with Crippen molar-refractivity contribution in [1.82, 2.24) is 26.4 Å². The van der Waals surface area contributed by atoms with Gasteiger partial charge in [-0.05, 0) is 37.3 Å². The van der Waals surface area contributed by atoms with E-state index in [4.69, 9.17) is 12.2 Å². The SMILES string of the molecule is Cc1cc(C(=O)NNC(=S)NC(=O)c2ccc([N+](=O)[O-])cc2)n[nH]1. The van der Waals surface area contributed by atoms with Crippen LogP contribution in [-0.4, -0.2) is 32.0 Å². The minimum atomic E-state index is -0.577. The molecule has 2 amide bonds. The van der Waals surface area contributed by atoms with Crippen LogP contribution in [0.4, 0.5) is 5.69 Å². The number of amides is 2. The number of carbonyl (C=O) groups excluding carboxylic acids is 2. The predicted molar refractivity (Wildman–Crippen MR) is 87.1 cm³/mol. The maximum absolute atomic E-state index is 11.9. The summed E-state index contributed by atoms with van der Waals surface area (Å²) in [6, 6.07) is 6.53. The average molecular weight is 348 g/mol. The van der Waals surface area contributed by atoms with E-state index in [9.17, 15) is 19.7 Å². The number of hydrogen-bond donors (Lipinski definition) is 4. The molecule has 0 bridgehead atoms. The van der Waals surface area contributed by atoms with E-state index in [1.807, 2.05) is 0 Å². The molecule has 0 aliphatic carbocycles. The average Bonchev–Trinajstić information content (AvgIpc) is 2.99. The first kappa shape index (κ1) is 17.0. The number of non-ortho nitro benzene ring substituents is 1. The molecule has 0 atom stereocenters. The number of hydrogen-bond acceptors (Lipinski definition) is 6. The number of hydrazine groups is 1. The van der Waals surface area contributed by atoms with Gasteiger partial charge >= 0.3 is 0 Å². The van der Waals surface area contributed by atoms with E-state index in [1.54, 1.807) is 6.92 Å². The standard InChI is InChI=1S/C13H12N6O4S/c1-7-6-10(16-15-7)12(21)17-18-13(24)14-11(20)8-2-4-9(5-3-8)19(22)23/h2-6H,1H3,(H,15,16)(H,17,21)(H2,14,18,20,24). The molecule has 0 saturated heterocycles. The molecule has 0 spiro atoms. The second-order valence-electron chi connectivity index (χ2n) is 4.60. The highest BCUT2D eigenvalue weighted by Crippen LogP contribution is 2.11. The van der Waals surface area contributed by atoms with Gasteiger partial charge in [-0.1, -0.05) is 0 Å². The molecule has 1 aromatic carbocycles. The molecule has 0 saturated carbocycles. The van der Waals surface area contributed by atoms with Crippen LogP contribution in [0.15, 0.2) is 30.3 Å². The molecule has 4 N–H and O–H groups in total. The second kappa shape index (κ2) is 7.28. The zero-order chi connectivity index (χ0) is 17.7. The lowest BCUT2D eigenvalue weighted by Gasteiger charge is -2.09. The lowest BCUT2D eigenvalue weighted by molar-refractivity contribution is -0.384. The van der Waals surface area contributed by atoms with Crippen LogP contribution in [0, 0.1) is 17.0 Å². The highest BCUT2D eigenvalue weighted by molar-refractivity contribution is 7.80. The Kier molecular flexibility index (Phi) is 5.16. The highest BCUT2D eigenvalue weighted by Gasteiger charge is 2.12. The van der Waals surface area contributed by atoms with Gasteiger partial charge in [-0.2, -0.15) is 5.10 Å². The largest absolute Gasteiger partial charge is 0.298 e. The Labute approximate surface area is 140 Å². The van der Waals surface area contributed by atoms with E-state index in [-0.39, 0.29) is 22.1 Å². The summed E-state index contributed by atoms with van der Waals surface area (Å²) in [6.07, 6.45) is 0. The van der Waals surface area contributed by atoms with Crippen LogP contribution in [0.25, 0.3) is 0 Å². The number of aryl methyl sites for hydroxylation is 1. The summed E-state index contributed by atoms with van der Waals surface area (Å²) in [6.45, 7) is 1.74. The number of benzene rings is 1. The Morgan fingerprint density at radius 3 is 2.42 bits per heavy atom. The topological polar surface area (TPSA) is 142 Å². The van der Waals surface area contributed by atoms with Crippen LogP contribution in [0.3, 0.4) is 0 Å². The third-order valence-corrected chi connectivity index (χ3v) is 3.00. The van der Waals surface area contributed by atoms with Gasteiger partial charge < -0.3 is 0 Å². The summed E-state index contributed by atoms with van der Waals surface area (Å²) in [5, 5.41) is 19.1. The van der Waals surface area contributed by atoms with Crippen LogP contribution < -0.4 is 16.2 Å². The molecule has 2 aromatic rings. The van der Waals surface area contributed by atoms with E-state index in [1.165, 1.54) is 30.3 Å². The Bertz CT molecular complexity index is 801. The number of aromatic amines is 1. The number of nitro groups is 1. The van der Waals surface area contributed by atoms with E-state index >= 15 is 0 Å². The van der Waals surface area contributed by atoms with Gasteiger partial charge in [-0.25, -0.2) is 0 Å². The molecule has 1 heterocycles. The highest BCUT2D eigenvalue weighted by atomic mass is 32.1. The first-order valence-corrected chi connectivity index (χ1v) is 6.96. The molecule has 0 unspecified atom stereocenters. The van der Waals surface area contributed by atoms with Crippen molar-refractivity contribution in [3.63, 3.8) is 0 Å². The Hall–Kier alpha value is -3.34. The van der Waals surface area contributed by atoms with Crippen LogP contribution in [0.2, 0.25) is 0 Å². The van der Waals surface area contributed by atoms with Crippen molar-refractivity contribution in [1.29, 1.82) is 0 Å². The molecular formula is C13H12N6O4S. The molecule has 1 aromatic heterocycles. The molecule has 10 nitrogen and oxygen atoms in total. The van der Waals surface area contributed by atoms with Gasteiger partial charge in [0.25, 0.3) is 17.5 Å².